The van der Waals surface area contributed by atoms with Crippen LogP contribution in [0.4, 0.5) is 18.9 Å². The first-order valence-electron chi connectivity index (χ1n) is 7.92. The maximum Gasteiger partial charge on any atom is 0.573 e. The van der Waals surface area contributed by atoms with Crippen LogP contribution in [0, 0.1) is 0 Å². The molecule has 0 aliphatic rings. The SMILES string of the molecule is O=C(CCn1ncc(=O)c2ccccc21)Nc1ccc(OC(F)(F)F)cc1. The number of aryl methyl sites for hydroxylation is 1. The Bertz CT molecular complexity index is 1010. The fourth-order valence-electron chi connectivity index (χ4n) is 2.51. The van der Waals surface area contributed by atoms with Crippen molar-refractivity contribution in [3.8, 4) is 5.75 Å². The number of para-hydroxylation sites is 1. The van der Waals surface area contributed by atoms with E-state index in [0.717, 1.165) is 12.1 Å². The highest BCUT2D eigenvalue weighted by atomic mass is 19.4. The quantitative estimate of drug-likeness (QED) is 0.740. The van der Waals surface area contributed by atoms with Gasteiger partial charge in [0, 0.05) is 17.5 Å². The van der Waals surface area contributed by atoms with Gasteiger partial charge in [-0.3, -0.25) is 14.3 Å². The van der Waals surface area contributed by atoms with Crippen molar-refractivity contribution in [2.24, 2.45) is 0 Å². The molecule has 140 valence electrons. The number of aromatic nitrogens is 2. The lowest BCUT2D eigenvalue weighted by Gasteiger charge is -2.11. The minimum Gasteiger partial charge on any atom is -0.406 e. The summed E-state index contributed by atoms with van der Waals surface area (Å²) in [6.07, 6.45) is -3.50. The van der Waals surface area contributed by atoms with Crippen LogP contribution in [0.1, 0.15) is 6.42 Å². The molecule has 3 aromatic rings. The summed E-state index contributed by atoms with van der Waals surface area (Å²) in [7, 11) is 0. The molecule has 1 heterocycles. The van der Waals surface area contributed by atoms with E-state index in [1.165, 1.54) is 18.3 Å². The van der Waals surface area contributed by atoms with Crippen molar-refractivity contribution in [2.45, 2.75) is 19.3 Å². The monoisotopic (exact) mass is 377 g/mol. The van der Waals surface area contributed by atoms with Crippen molar-refractivity contribution < 1.29 is 22.7 Å². The zero-order valence-corrected chi connectivity index (χ0v) is 13.9. The van der Waals surface area contributed by atoms with Crippen molar-refractivity contribution in [3.05, 3.63) is 65.0 Å². The first-order valence-corrected chi connectivity index (χ1v) is 7.92. The van der Waals surface area contributed by atoms with Gasteiger partial charge in [0.2, 0.25) is 11.3 Å². The molecule has 27 heavy (non-hydrogen) atoms. The van der Waals surface area contributed by atoms with E-state index in [4.69, 9.17) is 0 Å². The Kier molecular flexibility index (Phi) is 5.11. The van der Waals surface area contributed by atoms with Gasteiger partial charge >= 0.3 is 6.36 Å². The van der Waals surface area contributed by atoms with Crippen molar-refractivity contribution >= 4 is 22.5 Å². The van der Waals surface area contributed by atoms with E-state index in [0.29, 0.717) is 16.6 Å². The van der Waals surface area contributed by atoms with Crippen LogP contribution in [0.2, 0.25) is 0 Å². The number of ether oxygens (including phenoxy) is 1. The Hall–Kier alpha value is -3.36. The molecule has 1 aromatic heterocycles. The van der Waals surface area contributed by atoms with Gasteiger partial charge in [-0.1, -0.05) is 12.1 Å². The van der Waals surface area contributed by atoms with E-state index in [1.54, 1.807) is 28.9 Å². The van der Waals surface area contributed by atoms with E-state index in [1.807, 2.05) is 0 Å². The van der Waals surface area contributed by atoms with Gasteiger partial charge in [0.15, 0.2) is 0 Å². The average molecular weight is 377 g/mol. The maximum absolute atomic E-state index is 12.1. The molecule has 0 bridgehead atoms. The number of hydrogen-bond acceptors (Lipinski definition) is 4. The molecule has 9 heteroatoms. The van der Waals surface area contributed by atoms with Gasteiger partial charge in [0.25, 0.3) is 0 Å². The summed E-state index contributed by atoms with van der Waals surface area (Å²) < 4.78 is 41.7. The number of anilines is 1. The van der Waals surface area contributed by atoms with Crippen LogP contribution in [0.15, 0.2) is 59.5 Å². The van der Waals surface area contributed by atoms with E-state index in [2.05, 4.69) is 15.2 Å². The first-order chi connectivity index (χ1) is 12.8. The molecule has 0 fully saturated rings. The Morgan fingerprint density at radius 3 is 2.52 bits per heavy atom. The molecule has 0 saturated carbocycles. The highest BCUT2D eigenvalue weighted by Crippen LogP contribution is 2.24. The Balaban J connectivity index is 1.62. The number of carbonyl (C=O) groups excluding carboxylic acids is 1. The molecular weight excluding hydrogens is 363 g/mol. The van der Waals surface area contributed by atoms with Crippen molar-refractivity contribution in [2.75, 3.05) is 5.32 Å². The summed E-state index contributed by atoms with van der Waals surface area (Å²) >= 11 is 0. The molecular formula is C18H14F3N3O3. The van der Waals surface area contributed by atoms with Gasteiger partial charge in [0.1, 0.15) is 5.75 Å². The molecule has 3 rings (SSSR count). The molecule has 0 atom stereocenters. The summed E-state index contributed by atoms with van der Waals surface area (Å²) in [6, 6.07) is 11.8. The van der Waals surface area contributed by atoms with Crippen LogP contribution < -0.4 is 15.5 Å². The summed E-state index contributed by atoms with van der Waals surface area (Å²) in [4.78, 5) is 23.9. The van der Waals surface area contributed by atoms with Crippen LogP contribution in [-0.2, 0) is 11.3 Å². The Morgan fingerprint density at radius 2 is 1.81 bits per heavy atom. The number of fused-ring (bicyclic) bond motifs is 1. The number of nitrogens with zero attached hydrogens (tertiary/aromatic N) is 2. The second kappa shape index (κ2) is 7.48. The maximum atomic E-state index is 12.1. The third-order valence-corrected chi connectivity index (χ3v) is 3.68. The summed E-state index contributed by atoms with van der Waals surface area (Å²) in [5.41, 5.74) is 0.756. The number of carbonyl (C=O) groups is 1. The standard InChI is InChI=1S/C18H14F3N3O3/c19-18(20,21)27-13-7-5-12(6-8-13)23-17(26)9-10-24-15-4-2-1-3-14(15)16(25)11-22-24/h1-8,11H,9-10H2,(H,23,26). The molecule has 0 saturated heterocycles. The third kappa shape index (κ3) is 4.84. The molecule has 2 aromatic carbocycles. The second-order valence-corrected chi connectivity index (χ2v) is 5.62. The van der Waals surface area contributed by atoms with Gasteiger partial charge in [0.05, 0.1) is 18.3 Å². The Morgan fingerprint density at radius 1 is 1.11 bits per heavy atom. The van der Waals surface area contributed by atoms with Crippen LogP contribution in [0.3, 0.4) is 0 Å². The van der Waals surface area contributed by atoms with Crippen LogP contribution >= 0.6 is 0 Å². The van der Waals surface area contributed by atoms with Gasteiger partial charge in [-0.25, -0.2) is 0 Å². The normalized spacial score (nSPS) is 11.4. The van der Waals surface area contributed by atoms with Crippen LogP contribution in [0.5, 0.6) is 5.75 Å². The van der Waals surface area contributed by atoms with Crippen molar-refractivity contribution in [1.29, 1.82) is 0 Å². The minimum atomic E-state index is -4.77. The third-order valence-electron chi connectivity index (χ3n) is 3.68. The lowest BCUT2D eigenvalue weighted by Crippen LogP contribution is -2.18. The lowest BCUT2D eigenvalue weighted by atomic mass is 10.2. The number of benzene rings is 2. The predicted octanol–water partition coefficient (Wildman–Crippen LogP) is 3.32. The van der Waals surface area contributed by atoms with Gasteiger partial charge in [-0.05, 0) is 36.4 Å². The molecule has 0 aliphatic heterocycles. The average Bonchev–Trinajstić information content (AvgIpc) is 2.62. The zero-order valence-electron chi connectivity index (χ0n) is 13.9. The van der Waals surface area contributed by atoms with Gasteiger partial charge < -0.3 is 10.1 Å². The number of hydrogen-bond donors (Lipinski definition) is 1. The van der Waals surface area contributed by atoms with Crippen LogP contribution in [-0.4, -0.2) is 22.1 Å². The largest absolute Gasteiger partial charge is 0.573 e. The zero-order chi connectivity index (χ0) is 19.4. The summed E-state index contributed by atoms with van der Waals surface area (Å²) in [5, 5.41) is 7.12. The molecule has 6 nitrogen and oxygen atoms in total. The molecule has 0 spiro atoms. The predicted molar refractivity (Wildman–Crippen MR) is 92.4 cm³/mol. The second-order valence-electron chi connectivity index (χ2n) is 5.62. The number of nitrogens with one attached hydrogen (secondary N) is 1. The van der Waals surface area contributed by atoms with E-state index < -0.39 is 6.36 Å². The van der Waals surface area contributed by atoms with E-state index in [-0.39, 0.29) is 30.1 Å². The van der Waals surface area contributed by atoms with Crippen LogP contribution in [0.25, 0.3) is 10.9 Å². The molecule has 0 unspecified atom stereocenters. The van der Waals surface area contributed by atoms with Crippen molar-refractivity contribution in [1.82, 2.24) is 9.78 Å². The number of amides is 1. The smallest absolute Gasteiger partial charge is 0.406 e. The molecule has 1 amide bonds. The fraction of sp³-hybridized carbons (Fsp3) is 0.167. The number of alkyl halides is 3. The fourth-order valence-corrected chi connectivity index (χ4v) is 2.51. The number of halogens is 3. The van der Waals surface area contributed by atoms with Gasteiger partial charge in [-0.2, -0.15) is 5.10 Å². The lowest BCUT2D eigenvalue weighted by molar-refractivity contribution is -0.274. The van der Waals surface area contributed by atoms with Gasteiger partial charge in [-0.15, -0.1) is 13.2 Å². The highest BCUT2D eigenvalue weighted by molar-refractivity contribution is 5.90. The minimum absolute atomic E-state index is 0.0701. The summed E-state index contributed by atoms with van der Waals surface area (Å²) in [5.74, 6) is -0.714. The molecule has 1 N–H and O–H groups in total. The Labute approximate surface area is 151 Å². The van der Waals surface area contributed by atoms with E-state index >= 15 is 0 Å². The molecule has 0 radical (unpaired) electrons. The topological polar surface area (TPSA) is 73.2 Å². The summed E-state index contributed by atoms with van der Waals surface area (Å²) in [6.45, 7) is 0.238. The molecule has 0 aliphatic carbocycles. The number of rotatable bonds is 5. The first kappa shape index (κ1) is 18.4. The van der Waals surface area contributed by atoms with E-state index in [9.17, 15) is 22.8 Å². The van der Waals surface area contributed by atoms with Crippen molar-refractivity contribution in [3.63, 3.8) is 0 Å². The highest BCUT2D eigenvalue weighted by Gasteiger charge is 2.30.